The van der Waals surface area contributed by atoms with Gasteiger partial charge in [0.25, 0.3) is 0 Å². The molecule has 3 heteroatoms. The number of aliphatic hydroxyl groups is 1. The van der Waals surface area contributed by atoms with Gasteiger partial charge in [0.15, 0.2) is 0 Å². The molecule has 0 amide bonds. The Morgan fingerprint density at radius 2 is 2.14 bits per heavy atom. The van der Waals surface area contributed by atoms with Crippen LogP contribution in [0.2, 0.25) is 0 Å². The summed E-state index contributed by atoms with van der Waals surface area (Å²) in [5.74, 6) is 0.461. The molecule has 2 nitrogen and oxygen atoms in total. The lowest BCUT2D eigenvalue weighted by Crippen LogP contribution is -2.38. The highest BCUT2D eigenvalue weighted by Gasteiger charge is 2.15. The minimum atomic E-state index is 0.187. The highest BCUT2D eigenvalue weighted by Crippen LogP contribution is 2.19. The van der Waals surface area contributed by atoms with Gasteiger partial charge in [0.05, 0.1) is 6.61 Å². The van der Waals surface area contributed by atoms with Crippen molar-refractivity contribution in [3.63, 3.8) is 0 Å². The molecular formula is C11H19NOS. The van der Waals surface area contributed by atoms with E-state index in [2.05, 4.69) is 43.6 Å². The zero-order valence-corrected chi connectivity index (χ0v) is 9.84. The van der Waals surface area contributed by atoms with Crippen molar-refractivity contribution >= 4 is 11.3 Å². The highest BCUT2D eigenvalue weighted by atomic mass is 32.1. The Morgan fingerprint density at radius 3 is 2.57 bits per heavy atom. The van der Waals surface area contributed by atoms with Gasteiger partial charge in [-0.2, -0.15) is 0 Å². The van der Waals surface area contributed by atoms with Crippen LogP contribution in [0, 0.1) is 5.92 Å². The van der Waals surface area contributed by atoms with Crippen molar-refractivity contribution < 1.29 is 5.11 Å². The Hall–Kier alpha value is -0.380. The average Bonchev–Trinajstić information content (AvgIpc) is 2.65. The van der Waals surface area contributed by atoms with Crippen LogP contribution in [0.1, 0.15) is 31.7 Å². The van der Waals surface area contributed by atoms with Gasteiger partial charge < -0.3 is 10.4 Å². The topological polar surface area (TPSA) is 32.3 Å². The monoisotopic (exact) mass is 213 g/mol. The van der Waals surface area contributed by atoms with Crippen LogP contribution in [0.3, 0.4) is 0 Å². The summed E-state index contributed by atoms with van der Waals surface area (Å²) in [7, 11) is 0. The van der Waals surface area contributed by atoms with E-state index < -0.39 is 0 Å². The van der Waals surface area contributed by atoms with Crippen molar-refractivity contribution in [2.45, 2.75) is 32.9 Å². The number of aliphatic hydroxyl groups excluding tert-OH is 1. The molecule has 1 aromatic rings. The fourth-order valence-electron chi connectivity index (χ4n) is 1.40. The van der Waals surface area contributed by atoms with Gasteiger partial charge in [-0.05, 0) is 24.3 Å². The summed E-state index contributed by atoms with van der Waals surface area (Å²) in [5, 5.41) is 14.7. The number of rotatable bonds is 5. The first kappa shape index (κ1) is 11.7. The Balaban J connectivity index is 2.51. The molecule has 0 saturated carbocycles. The van der Waals surface area contributed by atoms with E-state index in [9.17, 15) is 5.11 Å². The SMILES string of the molecule is CC(NC(CO)C(C)C)c1cccs1. The maximum Gasteiger partial charge on any atom is 0.0587 e. The molecule has 1 heterocycles. The van der Waals surface area contributed by atoms with E-state index in [1.165, 1.54) is 4.88 Å². The molecule has 0 aliphatic carbocycles. The molecule has 2 atom stereocenters. The Morgan fingerprint density at radius 1 is 1.43 bits per heavy atom. The summed E-state index contributed by atoms with van der Waals surface area (Å²) in [4.78, 5) is 1.32. The third-order valence-electron chi connectivity index (χ3n) is 2.44. The Labute approximate surface area is 90.0 Å². The maximum absolute atomic E-state index is 9.18. The molecule has 14 heavy (non-hydrogen) atoms. The molecule has 1 rings (SSSR count). The molecule has 0 bridgehead atoms. The first-order chi connectivity index (χ1) is 6.65. The van der Waals surface area contributed by atoms with Gasteiger partial charge in [-0.3, -0.25) is 0 Å². The summed E-state index contributed by atoms with van der Waals surface area (Å²) in [6.45, 7) is 6.58. The maximum atomic E-state index is 9.18. The smallest absolute Gasteiger partial charge is 0.0587 e. The molecule has 80 valence electrons. The summed E-state index contributed by atoms with van der Waals surface area (Å²) < 4.78 is 0. The predicted molar refractivity (Wildman–Crippen MR) is 61.6 cm³/mol. The number of hydrogen-bond acceptors (Lipinski definition) is 3. The van der Waals surface area contributed by atoms with Gasteiger partial charge in [-0.15, -0.1) is 11.3 Å². The van der Waals surface area contributed by atoms with Crippen molar-refractivity contribution in [2.75, 3.05) is 6.61 Å². The highest BCUT2D eigenvalue weighted by molar-refractivity contribution is 7.10. The quantitative estimate of drug-likeness (QED) is 0.787. The third kappa shape index (κ3) is 3.08. The second-order valence-corrected chi connectivity index (χ2v) is 4.92. The minimum absolute atomic E-state index is 0.187. The van der Waals surface area contributed by atoms with E-state index in [0.717, 1.165) is 0 Å². The van der Waals surface area contributed by atoms with Crippen molar-refractivity contribution in [1.29, 1.82) is 0 Å². The van der Waals surface area contributed by atoms with Gasteiger partial charge in [-0.1, -0.05) is 19.9 Å². The van der Waals surface area contributed by atoms with Crippen molar-refractivity contribution in [2.24, 2.45) is 5.92 Å². The first-order valence-electron chi connectivity index (χ1n) is 5.05. The molecule has 1 aromatic heterocycles. The molecular weight excluding hydrogens is 194 g/mol. The second kappa shape index (κ2) is 5.49. The number of hydrogen-bond donors (Lipinski definition) is 2. The predicted octanol–water partition coefficient (Wildman–Crippen LogP) is 2.42. The van der Waals surface area contributed by atoms with Gasteiger partial charge in [0.2, 0.25) is 0 Å². The third-order valence-corrected chi connectivity index (χ3v) is 3.49. The van der Waals surface area contributed by atoms with Crippen LogP contribution >= 0.6 is 11.3 Å². The van der Waals surface area contributed by atoms with Crippen LogP contribution in [-0.2, 0) is 0 Å². The Kier molecular flexibility index (Phi) is 4.58. The standard InChI is InChI=1S/C11H19NOS/c1-8(2)10(7-13)12-9(3)11-5-4-6-14-11/h4-6,8-10,12-13H,7H2,1-3H3. The van der Waals surface area contributed by atoms with Crippen molar-refractivity contribution in [3.8, 4) is 0 Å². The number of nitrogens with one attached hydrogen (secondary N) is 1. The van der Waals surface area contributed by atoms with E-state index in [-0.39, 0.29) is 12.6 Å². The molecule has 0 aliphatic rings. The zero-order chi connectivity index (χ0) is 10.6. The van der Waals surface area contributed by atoms with Crippen LogP contribution in [0.4, 0.5) is 0 Å². The molecule has 0 fully saturated rings. The van der Waals surface area contributed by atoms with Crippen LogP contribution < -0.4 is 5.32 Å². The molecule has 0 spiro atoms. The summed E-state index contributed by atoms with van der Waals surface area (Å²) in [6.07, 6.45) is 0. The molecule has 0 radical (unpaired) electrons. The molecule has 2 unspecified atom stereocenters. The molecule has 0 aromatic carbocycles. The van der Waals surface area contributed by atoms with Crippen LogP contribution in [0.15, 0.2) is 17.5 Å². The van der Waals surface area contributed by atoms with E-state index in [1.54, 1.807) is 11.3 Å². The van der Waals surface area contributed by atoms with Gasteiger partial charge >= 0.3 is 0 Å². The van der Waals surface area contributed by atoms with E-state index in [0.29, 0.717) is 12.0 Å². The van der Waals surface area contributed by atoms with Crippen molar-refractivity contribution in [3.05, 3.63) is 22.4 Å². The summed E-state index contributed by atoms with van der Waals surface area (Å²) in [6, 6.07) is 4.69. The fourth-order valence-corrected chi connectivity index (χ4v) is 2.14. The van der Waals surface area contributed by atoms with Gasteiger partial charge in [0, 0.05) is 17.0 Å². The Bertz CT molecular complexity index is 246. The minimum Gasteiger partial charge on any atom is -0.395 e. The zero-order valence-electron chi connectivity index (χ0n) is 9.03. The largest absolute Gasteiger partial charge is 0.395 e. The van der Waals surface area contributed by atoms with Crippen molar-refractivity contribution in [1.82, 2.24) is 5.32 Å². The molecule has 0 saturated heterocycles. The van der Waals surface area contributed by atoms with E-state index in [1.807, 2.05) is 0 Å². The van der Waals surface area contributed by atoms with E-state index in [4.69, 9.17) is 0 Å². The van der Waals surface area contributed by atoms with Crippen LogP contribution in [0.5, 0.6) is 0 Å². The van der Waals surface area contributed by atoms with E-state index >= 15 is 0 Å². The molecule has 2 N–H and O–H groups in total. The second-order valence-electron chi connectivity index (χ2n) is 3.94. The lowest BCUT2D eigenvalue weighted by molar-refractivity contribution is 0.202. The number of thiophene rings is 1. The van der Waals surface area contributed by atoms with Gasteiger partial charge in [-0.25, -0.2) is 0 Å². The summed E-state index contributed by atoms with van der Waals surface area (Å²) >= 11 is 1.75. The molecule has 0 aliphatic heterocycles. The normalized spacial score (nSPS) is 15.8. The van der Waals surface area contributed by atoms with Crippen LogP contribution in [-0.4, -0.2) is 17.8 Å². The van der Waals surface area contributed by atoms with Gasteiger partial charge in [0.1, 0.15) is 0 Å². The average molecular weight is 213 g/mol. The first-order valence-corrected chi connectivity index (χ1v) is 5.93. The van der Waals surface area contributed by atoms with Crippen LogP contribution in [0.25, 0.3) is 0 Å². The lowest BCUT2D eigenvalue weighted by atomic mass is 10.0. The lowest BCUT2D eigenvalue weighted by Gasteiger charge is -2.24. The summed E-state index contributed by atoms with van der Waals surface area (Å²) in [5.41, 5.74) is 0. The fraction of sp³-hybridized carbons (Fsp3) is 0.636.